The zero-order valence-electron chi connectivity index (χ0n) is 15.5. The fourth-order valence-corrected chi connectivity index (χ4v) is 3.28. The van der Waals surface area contributed by atoms with Gasteiger partial charge in [0.25, 0.3) is 6.01 Å². The molecule has 0 spiro atoms. The number of carbonyl (C=O) groups is 2. The van der Waals surface area contributed by atoms with Crippen LogP contribution in [0.1, 0.15) is 23.2 Å². The minimum absolute atomic E-state index is 0.180. The van der Waals surface area contributed by atoms with Gasteiger partial charge < -0.3 is 18.8 Å². The Balaban J connectivity index is 1.34. The molecule has 144 valence electrons. The maximum atomic E-state index is 12.5. The zero-order chi connectivity index (χ0) is 19.5. The minimum Gasteiger partial charge on any atom is -0.465 e. The number of benzene rings is 2. The van der Waals surface area contributed by atoms with Gasteiger partial charge in [0.1, 0.15) is 11.3 Å². The van der Waals surface area contributed by atoms with Crippen molar-refractivity contribution >= 4 is 29.1 Å². The molecule has 0 atom stereocenters. The van der Waals surface area contributed by atoms with Crippen LogP contribution in [0.15, 0.2) is 52.9 Å². The van der Waals surface area contributed by atoms with E-state index < -0.39 is 5.97 Å². The Morgan fingerprint density at radius 3 is 2.46 bits per heavy atom. The van der Waals surface area contributed by atoms with Crippen molar-refractivity contribution in [1.29, 1.82) is 0 Å². The maximum absolute atomic E-state index is 12.5. The molecule has 0 saturated carbocycles. The summed E-state index contributed by atoms with van der Waals surface area (Å²) in [6, 6.07) is 14.6. The second kappa shape index (κ2) is 7.72. The highest BCUT2D eigenvalue weighted by molar-refractivity contribution is 5.89. The van der Waals surface area contributed by atoms with Gasteiger partial charge in [0.15, 0.2) is 5.58 Å². The van der Waals surface area contributed by atoms with Gasteiger partial charge in [-0.1, -0.05) is 12.1 Å². The number of nitrogens with zero attached hydrogens (tertiary/aromatic N) is 2. The number of anilines is 1. The molecule has 4 rings (SSSR count). The van der Waals surface area contributed by atoms with Crippen LogP contribution in [0.4, 0.5) is 6.01 Å². The number of hydrogen-bond donors (Lipinski definition) is 0. The number of ether oxygens (including phenoxy) is 2. The second-order valence-corrected chi connectivity index (χ2v) is 6.66. The largest absolute Gasteiger partial charge is 0.465 e. The average molecular weight is 380 g/mol. The predicted molar refractivity (Wildman–Crippen MR) is 102 cm³/mol. The Bertz CT molecular complexity index is 954. The van der Waals surface area contributed by atoms with Crippen LogP contribution >= 0.6 is 0 Å². The van der Waals surface area contributed by atoms with Gasteiger partial charge in [0, 0.05) is 13.1 Å². The molecule has 0 radical (unpaired) electrons. The van der Waals surface area contributed by atoms with Crippen molar-refractivity contribution in [3.05, 3.63) is 54.1 Å². The van der Waals surface area contributed by atoms with Gasteiger partial charge in [-0.25, -0.2) is 4.79 Å². The van der Waals surface area contributed by atoms with Crippen molar-refractivity contribution in [1.82, 2.24) is 4.98 Å². The Kier molecular flexibility index (Phi) is 4.97. The summed E-state index contributed by atoms with van der Waals surface area (Å²) >= 11 is 0. The molecule has 3 aromatic rings. The number of esters is 2. The number of carbonyl (C=O) groups excluding carboxylic acids is 2. The van der Waals surface area contributed by atoms with Crippen molar-refractivity contribution < 1.29 is 23.5 Å². The van der Waals surface area contributed by atoms with Crippen LogP contribution in [-0.4, -0.2) is 37.1 Å². The number of methoxy groups -OCH3 is 1. The van der Waals surface area contributed by atoms with Crippen LogP contribution in [0.5, 0.6) is 5.75 Å². The SMILES string of the molecule is COC(=O)c1ccc(OC(=O)C2CCN(c3nc4ccccc4o3)CC2)cc1. The first-order chi connectivity index (χ1) is 13.6. The lowest BCUT2D eigenvalue weighted by atomic mass is 9.97. The lowest BCUT2D eigenvalue weighted by Crippen LogP contribution is -2.37. The third kappa shape index (κ3) is 3.69. The molecule has 7 nitrogen and oxygen atoms in total. The summed E-state index contributed by atoms with van der Waals surface area (Å²) in [6.45, 7) is 1.35. The molecular formula is C21H20N2O5. The van der Waals surface area contributed by atoms with Crippen molar-refractivity contribution in [2.45, 2.75) is 12.8 Å². The zero-order valence-corrected chi connectivity index (χ0v) is 15.5. The van der Waals surface area contributed by atoms with Crippen molar-refractivity contribution in [3.63, 3.8) is 0 Å². The maximum Gasteiger partial charge on any atom is 0.337 e. The van der Waals surface area contributed by atoms with E-state index in [-0.39, 0.29) is 11.9 Å². The molecule has 1 aliphatic rings. The summed E-state index contributed by atoms with van der Waals surface area (Å²) in [4.78, 5) is 30.5. The first-order valence-electron chi connectivity index (χ1n) is 9.14. The molecule has 2 aromatic carbocycles. The van der Waals surface area contributed by atoms with Gasteiger partial charge >= 0.3 is 11.9 Å². The Labute approximate surface area is 161 Å². The third-order valence-electron chi connectivity index (χ3n) is 4.88. The number of rotatable bonds is 4. The smallest absolute Gasteiger partial charge is 0.337 e. The van der Waals surface area contributed by atoms with E-state index in [1.54, 1.807) is 24.3 Å². The molecule has 0 N–H and O–H groups in total. The van der Waals surface area contributed by atoms with E-state index in [0.29, 0.717) is 43.3 Å². The monoisotopic (exact) mass is 380 g/mol. The van der Waals surface area contributed by atoms with Gasteiger partial charge in [-0.15, -0.1) is 0 Å². The Morgan fingerprint density at radius 1 is 1.07 bits per heavy atom. The summed E-state index contributed by atoms with van der Waals surface area (Å²) in [7, 11) is 1.32. The number of fused-ring (bicyclic) bond motifs is 1. The van der Waals surface area contributed by atoms with Crippen molar-refractivity contribution in [3.8, 4) is 5.75 Å². The van der Waals surface area contributed by atoms with Crippen molar-refractivity contribution in [2.24, 2.45) is 5.92 Å². The van der Waals surface area contributed by atoms with E-state index in [4.69, 9.17) is 9.15 Å². The van der Waals surface area contributed by atoms with Crippen molar-refractivity contribution in [2.75, 3.05) is 25.1 Å². The number of oxazole rings is 1. The minimum atomic E-state index is -0.426. The molecular weight excluding hydrogens is 360 g/mol. The molecule has 0 aliphatic carbocycles. The summed E-state index contributed by atoms with van der Waals surface area (Å²) in [6.07, 6.45) is 1.33. The molecule has 28 heavy (non-hydrogen) atoms. The molecule has 1 aromatic heterocycles. The molecule has 1 saturated heterocycles. The van der Waals surface area contributed by atoms with Crippen LogP contribution in [0, 0.1) is 5.92 Å². The van der Waals surface area contributed by atoms with Crippen LogP contribution in [0.25, 0.3) is 11.1 Å². The van der Waals surface area contributed by atoms with E-state index in [1.165, 1.54) is 7.11 Å². The van der Waals surface area contributed by atoms with Gasteiger partial charge in [0.2, 0.25) is 0 Å². The quantitative estimate of drug-likeness (QED) is 0.506. The number of piperidine rings is 1. The van der Waals surface area contributed by atoms with Crippen LogP contribution < -0.4 is 9.64 Å². The second-order valence-electron chi connectivity index (χ2n) is 6.66. The Morgan fingerprint density at radius 2 is 1.79 bits per heavy atom. The lowest BCUT2D eigenvalue weighted by molar-refractivity contribution is -0.139. The van der Waals surface area contributed by atoms with E-state index in [0.717, 1.165) is 11.1 Å². The summed E-state index contributed by atoms with van der Waals surface area (Å²) < 4.78 is 15.9. The Hall–Kier alpha value is -3.35. The van der Waals surface area contributed by atoms with E-state index in [2.05, 4.69) is 14.6 Å². The summed E-state index contributed by atoms with van der Waals surface area (Å²) in [5, 5.41) is 0. The molecule has 7 heteroatoms. The highest BCUT2D eigenvalue weighted by Gasteiger charge is 2.28. The standard InChI is InChI=1S/C21H20N2O5/c1-26-19(24)14-6-8-16(9-7-14)27-20(25)15-10-12-23(13-11-15)21-22-17-4-2-3-5-18(17)28-21/h2-9,15H,10-13H2,1H3. The lowest BCUT2D eigenvalue weighted by Gasteiger charge is -2.29. The number of aromatic nitrogens is 1. The first-order valence-corrected chi connectivity index (χ1v) is 9.14. The normalized spacial score (nSPS) is 14.8. The fourth-order valence-electron chi connectivity index (χ4n) is 3.28. The molecule has 2 heterocycles. The van der Waals surface area contributed by atoms with Gasteiger partial charge in [-0.3, -0.25) is 4.79 Å². The van der Waals surface area contributed by atoms with E-state index in [9.17, 15) is 9.59 Å². The van der Waals surface area contributed by atoms with Gasteiger partial charge in [-0.05, 0) is 49.2 Å². The first kappa shape index (κ1) is 18.0. The molecule has 0 bridgehead atoms. The third-order valence-corrected chi connectivity index (χ3v) is 4.88. The molecule has 0 unspecified atom stereocenters. The molecule has 1 fully saturated rings. The number of hydrogen-bond acceptors (Lipinski definition) is 7. The highest BCUT2D eigenvalue weighted by Crippen LogP contribution is 2.27. The highest BCUT2D eigenvalue weighted by atomic mass is 16.5. The van der Waals surface area contributed by atoms with Gasteiger partial charge in [0.05, 0.1) is 18.6 Å². The molecule has 0 amide bonds. The summed E-state index contributed by atoms with van der Waals surface area (Å²) in [5.74, 6) is -0.451. The van der Waals surface area contributed by atoms with Gasteiger partial charge in [-0.2, -0.15) is 4.98 Å². The topological polar surface area (TPSA) is 81.9 Å². The molecule has 1 aliphatic heterocycles. The van der Waals surface area contributed by atoms with Crippen LogP contribution in [0.3, 0.4) is 0 Å². The number of para-hydroxylation sites is 2. The average Bonchev–Trinajstić information content (AvgIpc) is 3.18. The van der Waals surface area contributed by atoms with Crippen LogP contribution in [0.2, 0.25) is 0 Å². The predicted octanol–water partition coefficient (Wildman–Crippen LogP) is 3.44. The fraction of sp³-hybridized carbons (Fsp3) is 0.286. The summed E-state index contributed by atoms with van der Waals surface area (Å²) in [5.41, 5.74) is 2.00. The van der Waals surface area contributed by atoms with E-state index in [1.807, 2.05) is 24.3 Å². The van der Waals surface area contributed by atoms with E-state index >= 15 is 0 Å². The van der Waals surface area contributed by atoms with Crippen LogP contribution in [-0.2, 0) is 9.53 Å².